The van der Waals surface area contributed by atoms with Crippen molar-refractivity contribution in [3.8, 4) is 0 Å². The molecule has 0 bridgehead atoms. The predicted octanol–water partition coefficient (Wildman–Crippen LogP) is 2.77. The van der Waals surface area contributed by atoms with Crippen LogP contribution < -0.4 is 15.5 Å². The Balaban J connectivity index is 1.44. The van der Waals surface area contributed by atoms with Gasteiger partial charge in [-0.2, -0.15) is 0 Å². The third-order valence-electron chi connectivity index (χ3n) is 6.19. The van der Waals surface area contributed by atoms with Crippen molar-refractivity contribution in [2.45, 2.75) is 19.4 Å². The number of halogens is 1. The molecule has 2 aliphatic heterocycles. The molecule has 0 saturated carbocycles. The molecule has 8 heteroatoms. The lowest BCUT2D eigenvalue weighted by molar-refractivity contribution is -0.136. The normalized spacial score (nSPS) is 17.0. The molecule has 0 radical (unpaired) electrons. The maximum Gasteiger partial charge on any atom is 0.313 e. The Hall–Kier alpha value is -2.61. The van der Waals surface area contributed by atoms with E-state index in [-0.39, 0.29) is 6.04 Å². The molecule has 0 spiro atoms. The van der Waals surface area contributed by atoms with Crippen LogP contribution in [0, 0.1) is 6.92 Å². The molecule has 2 aromatic carbocycles. The zero-order valence-electron chi connectivity index (χ0n) is 18.5. The molecule has 2 aliphatic rings. The van der Waals surface area contributed by atoms with Gasteiger partial charge in [-0.05, 0) is 48.2 Å². The number of nitrogens with one attached hydrogen (secondary N) is 2. The van der Waals surface area contributed by atoms with Gasteiger partial charge in [-0.3, -0.25) is 14.5 Å². The summed E-state index contributed by atoms with van der Waals surface area (Å²) in [6.45, 7) is 6.12. The quantitative estimate of drug-likeness (QED) is 0.677. The van der Waals surface area contributed by atoms with Crippen LogP contribution in [-0.4, -0.2) is 63.2 Å². The number of amides is 2. The van der Waals surface area contributed by atoms with Gasteiger partial charge < -0.3 is 20.3 Å². The lowest BCUT2D eigenvalue weighted by atomic mass is 10.0. The highest BCUT2D eigenvalue weighted by molar-refractivity contribution is 6.39. The van der Waals surface area contributed by atoms with Gasteiger partial charge in [-0.15, -0.1) is 0 Å². The Kier molecular flexibility index (Phi) is 6.98. The predicted molar refractivity (Wildman–Crippen MR) is 126 cm³/mol. The lowest BCUT2D eigenvalue weighted by Crippen LogP contribution is -2.45. The number of ether oxygens (including phenoxy) is 1. The van der Waals surface area contributed by atoms with Crippen LogP contribution >= 0.6 is 11.6 Å². The summed E-state index contributed by atoms with van der Waals surface area (Å²) in [5.41, 5.74) is 5.13. The number of carbonyl (C=O) groups is 2. The molecular formula is C24H29ClN4O3. The summed E-state index contributed by atoms with van der Waals surface area (Å²) in [5.74, 6) is -1.37. The van der Waals surface area contributed by atoms with Gasteiger partial charge in [0.15, 0.2) is 0 Å². The molecule has 2 amide bonds. The minimum absolute atomic E-state index is 0.0272. The number of anilines is 2. The van der Waals surface area contributed by atoms with Gasteiger partial charge in [0.25, 0.3) is 0 Å². The van der Waals surface area contributed by atoms with E-state index in [4.69, 9.17) is 16.3 Å². The third-order valence-corrected chi connectivity index (χ3v) is 6.60. The molecule has 0 unspecified atom stereocenters. The van der Waals surface area contributed by atoms with E-state index in [1.165, 1.54) is 11.3 Å². The second-order valence-corrected chi connectivity index (χ2v) is 8.76. The van der Waals surface area contributed by atoms with Crippen molar-refractivity contribution in [3.05, 3.63) is 58.1 Å². The average Bonchev–Trinajstić information content (AvgIpc) is 3.17. The number of hydrogen-bond acceptors (Lipinski definition) is 5. The van der Waals surface area contributed by atoms with Gasteiger partial charge >= 0.3 is 11.8 Å². The van der Waals surface area contributed by atoms with Gasteiger partial charge in [0.05, 0.1) is 19.3 Å². The minimum Gasteiger partial charge on any atom is -0.379 e. The van der Waals surface area contributed by atoms with E-state index in [0.717, 1.165) is 37.2 Å². The fourth-order valence-electron chi connectivity index (χ4n) is 4.27. The highest BCUT2D eigenvalue weighted by Gasteiger charge is 2.26. The molecular weight excluding hydrogens is 428 g/mol. The first-order chi connectivity index (χ1) is 15.4. The number of fused-ring (bicyclic) bond motifs is 1. The smallest absolute Gasteiger partial charge is 0.313 e. The van der Waals surface area contributed by atoms with Crippen molar-refractivity contribution in [2.24, 2.45) is 0 Å². The molecule has 1 saturated heterocycles. The summed E-state index contributed by atoms with van der Waals surface area (Å²) >= 11 is 6.11. The Morgan fingerprint density at radius 3 is 2.62 bits per heavy atom. The standard InChI is InChI=1S/C24H29ClN4O3/c1-16-3-5-19(14-20(16)25)27-24(31)23(30)26-15-22(29-9-11-32-12-10-29)17-4-6-21-18(13-17)7-8-28(21)2/h3-6,13-14,22H,7-12,15H2,1-2H3,(H,26,30)(H,27,31)/t22-/m1/s1. The van der Waals surface area contributed by atoms with E-state index in [1.807, 2.05) is 6.92 Å². The number of likely N-dealkylation sites (N-methyl/N-ethyl adjacent to an activating group) is 1. The van der Waals surface area contributed by atoms with Crippen LogP contribution in [0.3, 0.4) is 0 Å². The van der Waals surface area contributed by atoms with Gasteiger partial charge in [-0.25, -0.2) is 0 Å². The van der Waals surface area contributed by atoms with Crippen LogP contribution in [0.5, 0.6) is 0 Å². The van der Waals surface area contributed by atoms with Crippen molar-refractivity contribution in [2.75, 3.05) is 56.7 Å². The Labute approximate surface area is 193 Å². The molecule has 7 nitrogen and oxygen atoms in total. The van der Waals surface area contributed by atoms with Crippen LogP contribution in [0.1, 0.15) is 22.7 Å². The highest BCUT2D eigenvalue weighted by atomic mass is 35.5. The zero-order chi connectivity index (χ0) is 22.7. The molecule has 1 fully saturated rings. The number of aryl methyl sites for hydroxylation is 1. The van der Waals surface area contributed by atoms with E-state index in [0.29, 0.717) is 30.5 Å². The second-order valence-electron chi connectivity index (χ2n) is 8.35. The molecule has 0 aromatic heterocycles. The second kappa shape index (κ2) is 9.90. The van der Waals surface area contributed by atoms with Crippen LogP contribution in [0.4, 0.5) is 11.4 Å². The van der Waals surface area contributed by atoms with Gasteiger partial charge in [-0.1, -0.05) is 29.8 Å². The van der Waals surface area contributed by atoms with Crippen molar-refractivity contribution in [1.82, 2.24) is 10.2 Å². The summed E-state index contributed by atoms with van der Waals surface area (Å²) in [5, 5.41) is 5.98. The zero-order valence-corrected chi connectivity index (χ0v) is 19.2. The molecule has 2 N–H and O–H groups in total. The van der Waals surface area contributed by atoms with E-state index in [1.54, 1.807) is 18.2 Å². The highest BCUT2D eigenvalue weighted by Crippen LogP contribution is 2.31. The van der Waals surface area contributed by atoms with Crippen molar-refractivity contribution >= 4 is 34.8 Å². The maximum atomic E-state index is 12.5. The minimum atomic E-state index is -0.707. The summed E-state index contributed by atoms with van der Waals surface area (Å²) < 4.78 is 5.51. The number of carbonyl (C=O) groups excluding carboxylic acids is 2. The SMILES string of the molecule is Cc1ccc(NC(=O)C(=O)NC[C@H](c2ccc3c(c2)CCN3C)N2CCOCC2)cc1Cl. The van der Waals surface area contributed by atoms with Crippen LogP contribution in [-0.2, 0) is 20.7 Å². The number of nitrogens with zero attached hydrogens (tertiary/aromatic N) is 2. The molecule has 32 heavy (non-hydrogen) atoms. The number of rotatable bonds is 5. The molecule has 2 aromatic rings. The van der Waals surface area contributed by atoms with Crippen molar-refractivity contribution in [3.63, 3.8) is 0 Å². The van der Waals surface area contributed by atoms with Crippen molar-refractivity contribution in [1.29, 1.82) is 0 Å². The summed E-state index contributed by atoms with van der Waals surface area (Å²) in [7, 11) is 2.10. The monoisotopic (exact) mass is 456 g/mol. The number of hydrogen-bond donors (Lipinski definition) is 2. The first kappa shape index (κ1) is 22.6. The maximum absolute atomic E-state index is 12.5. The first-order valence-electron chi connectivity index (χ1n) is 10.9. The fourth-order valence-corrected chi connectivity index (χ4v) is 4.45. The topological polar surface area (TPSA) is 73.9 Å². The molecule has 4 rings (SSSR count). The Morgan fingerprint density at radius 1 is 1.09 bits per heavy atom. The fraction of sp³-hybridized carbons (Fsp3) is 0.417. The van der Waals surface area contributed by atoms with E-state index < -0.39 is 11.8 Å². The van der Waals surface area contributed by atoms with E-state index >= 15 is 0 Å². The Bertz CT molecular complexity index is 1010. The van der Waals surface area contributed by atoms with Gasteiger partial charge in [0, 0.05) is 49.6 Å². The summed E-state index contributed by atoms with van der Waals surface area (Å²) in [6.07, 6.45) is 1.02. The van der Waals surface area contributed by atoms with E-state index in [2.05, 4.69) is 45.7 Å². The number of morpholine rings is 1. The molecule has 1 atom stereocenters. The van der Waals surface area contributed by atoms with Crippen LogP contribution in [0.15, 0.2) is 36.4 Å². The molecule has 2 heterocycles. The first-order valence-corrected chi connectivity index (χ1v) is 11.3. The van der Waals surface area contributed by atoms with Gasteiger partial charge in [0.1, 0.15) is 0 Å². The lowest BCUT2D eigenvalue weighted by Gasteiger charge is -2.35. The van der Waals surface area contributed by atoms with Crippen molar-refractivity contribution < 1.29 is 14.3 Å². The van der Waals surface area contributed by atoms with Crippen LogP contribution in [0.25, 0.3) is 0 Å². The molecule has 0 aliphatic carbocycles. The number of benzene rings is 2. The summed E-state index contributed by atoms with van der Waals surface area (Å²) in [6, 6.07) is 11.7. The largest absolute Gasteiger partial charge is 0.379 e. The summed E-state index contributed by atoms with van der Waals surface area (Å²) in [4.78, 5) is 29.5. The van der Waals surface area contributed by atoms with Crippen LogP contribution in [0.2, 0.25) is 5.02 Å². The third kappa shape index (κ3) is 5.06. The van der Waals surface area contributed by atoms with E-state index in [9.17, 15) is 9.59 Å². The van der Waals surface area contributed by atoms with Gasteiger partial charge in [0.2, 0.25) is 0 Å². The Morgan fingerprint density at radius 2 is 1.88 bits per heavy atom. The molecule has 170 valence electrons. The average molecular weight is 457 g/mol.